The van der Waals surface area contributed by atoms with Crippen LogP contribution in [-0.2, 0) is 6.42 Å². The molecule has 1 saturated carbocycles. The first-order valence-corrected chi connectivity index (χ1v) is 8.36. The number of aromatic hydroxyl groups is 1. The Bertz CT molecular complexity index is 715. The average molecular weight is 300 g/mol. The Morgan fingerprint density at radius 3 is 2.82 bits per heavy atom. The third-order valence-corrected chi connectivity index (χ3v) is 4.81. The molecule has 1 fully saturated rings. The van der Waals surface area contributed by atoms with Crippen LogP contribution in [0.2, 0.25) is 0 Å². The molecule has 1 aliphatic rings. The molecular formula is C18H24N2O2. The van der Waals surface area contributed by atoms with E-state index < -0.39 is 0 Å². The molecule has 0 bridgehead atoms. The van der Waals surface area contributed by atoms with E-state index >= 15 is 0 Å². The van der Waals surface area contributed by atoms with Gasteiger partial charge in [-0.2, -0.15) is 0 Å². The van der Waals surface area contributed by atoms with E-state index in [1.807, 2.05) is 6.92 Å². The summed E-state index contributed by atoms with van der Waals surface area (Å²) >= 11 is 0. The van der Waals surface area contributed by atoms with Crippen LogP contribution >= 0.6 is 0 Å². The molecule has 22 heavy (non-hydrogen) atoms. The lowest BCUT2D eigenvalue weighted by molar-refractivity contribution is 0.332. The number of aromatic nitrogens is 2. The van der Waals surface area contributed by atoms with Gasteiger partial charge in [-0.1, -0.05) is 38.5 Å². The highest BCUT2D eigenvalue weighted by atomic mass is 16.3. The lowest BCUT2D eigenvalue weighted by Crippen LogP contribution is -2.18. The van der Waals surface area contributed by atoms with Crippen molar-refractivity contribution in [2.24, 2.45) is 5.92 Å². The van der Waals surface area contributed by atoms with Crippen LogP contribution in [0.1, 0.15) is 56.3 Å². The number of hydrogen-bond donors (Lipinski definition) is 1. The van der Waals surface area contributed by atoms with Gasteiger partial charge in [-0.05, 0) is 37.8 Å². The predicted octanol–water partition coefficient (Wildman–Crippen LogP) is 3.61. The molecule has 4 nitrogen and oxygen atoms in total. The molecule has 0 spiro atoms. The number of fused-ring (bicyclic) bond motifs is 1. The highest BCUT2D eigenvalue weighted by Gasteiger charge is 2.13. The van der Waals surface area contributed by atoms with Crippen LogP contribution in [0.25, 0.3) is 5.65 Å². The van der Waals surface area contributed by atoms with E-state index in [4.69, 9.17) is 0 Å². The van der Waals surface area contributed by atoms with E-state index in [1.54, 1.807) is 18.2 Å². The number of rotatable bonds is 4. The summed E-state index contributed by atoms with van der Waals surface area (Å²) in [5.41, 5.74) is 1.85. The van der Waals surface area contributed by atoms with E-state index in [-0.39, 0.29) is 11.3 Å². The smallest absolute Gasteiger partial charge is 0.258 e. The zero-order chi connectivity index (χ0) is 15.5. The molecule has 0 atom stereocenters. The van der Waals surface area contributed by atoms with Crippen molar-refractivity contribution in [2.45, 2.75) is 58.3 Å². The molecule has 0 unspecified atom stereocenters. The molecule has 2 aromatic rings. The molecule has 3 rings (SSSR count). The van der Waals surface area contributed by atoms with Crippen molar-refractivity contribution in [3.05, 3.63) is 39.9 Å². The molecule has 0 aliphatic heterocycles. The van der Waals surface area contributed by atoms with Gasteiger partial charge in [0, 0.05) is 17.5 Å². The molecule has 2 aromatic heterocycles. The molecule has 4 heteroatoms. The minimum Gasteiger partial charge on any atom is -0.504 e. The van der Waals surface area contributed by atoms with Crippen LogP contribution in [0.5, 0.6) is 5.75 Å². The van der Waals surface area contributed by atoms with Gasteiger partial charge in [-0.25, -0.2) is 4.98 Å². The van der Waals surface area contributed by atoms with Crippen molar-refractivity contribution in [1.29, 1.82) is 0 Å². The molecule has 0 aromatic carbocycles. The summed E-state index contributed by atoms with van der Waals surface area (Å²) in [6.07, 6.45) is 9.94. The second-order valence-electron chi connectivity index (χ2n) is 6.50. The van der Waals surface area contributed by atoms with Gasteiger partial charge in [-0.3, -0.25) is 9.20 Å². The Hall–Kier alpha value is -1.84. The summed E-state index contributed by atoms with van der Waals surface area (Å²) in [4.78, 5) is 16.7. The maximum atomic E-state index is 12.2. The molecule has 118 valence electrons. The standard InChI is InChI=1S/C18H24N2O2/c1-13-10-11-16(21)18-19-15(12-17(22)20(13)18)9-5-8-14-6-3-2-4-7-14/h10-12,14,21H,2-9H2,1H3. The van der Waals surface area contributed by atoms with Gasteiger partial charge in [0.2, 0.25) is 0 Å². The van der Waals surface area contributed by atoms with Crippen molar-refractivity contribution in [3.63, 3.8) is 0 Å². The first kappa shape index (κ1) is 15.1. The van der Waals surface area contributed by atoms with Gasteiger partial charge in [0.1, 0.15) is 0 Å². The van der Waals surface area contributed by atoms with Gasteiger partial charge >= 0.3 is 0 Å². The fraction of sp³-hybridized carbons (Fsp3) is 0.556. The maximum Gasteiger partial charge on any atom is 0.258 e. The van der Waals surface area contributed by atoms with Crippen LogP contribution in [0, 0.1) is 12.8 Å². The van der Waals surface area contributed by atoms with Crippen molar-refractivity contribution in [3.8, 4) is 5.75 Å². The van der Waals surface area contributed by atoms with Crippen LogP contribution in [-0.4, -0.2) is 14.5 Å². The van der Waals surface area contributed by atoms with E-state index in [2.05, 4.69) is 4.98 Å². The molecule has 2 heterocycles. The fourth-order valence-electron chi connectivity index (χ4n) is 3.57. The SMILES string of the molecule is Cc1ccc(O)c2nc(CCCC3CCCCC3)cc(=O)n12. The largest absolute Gasteiger partial charge is 0.504 e. The summed E-state index contributed by atoms with van der Waals surface area (Å²) < 4.78 is 1.47. The lowest BCUT2D eigenvalue weighted by atomic mass is 9.85. The summed E-state index contributed by atoms with van der Waals surface area (Å²) in [6, 6.07) is 4.94. The normalized spacial score (nSPS) is 16.2. The Kier molecular flexibility index (Phi) is 4.46. The second-order valence-corrected chi connectivity index (χ2v) is 6.50. The summed E-state index contributed by atoms with van der Waals surface area (Å²) in [5, 5.41) is 9.95. The first-order chi connectivity index (χ1) is 10.6. The lowest BCUT2D eigenvalue weighted by Gasteiger charge is -2.21. The summed E-state index contributed by atoms with van der Waals surface area (Å²) in [6.45, 7) is 1.85. The van der Waals surface area contributed by atoms with E-state index in [0.29, 0.717) is 5.65 Å². The van der Waals surface area contributed by atoms with Crippen molar-refractivity contribution in [1.82, 2.24) is 9.38 Å². The maximum absolute atomic E-state index is 12.2. The van der Waals surface area contributed by atoms with E-state index in [1.165, 1.54) is 42.9 Å². The Morgan fingerprint density at radius 1 is 1.27 bits per heavy atom. The van der Waals surface area contributed by atoms with Gasteiger partial charge in [0.05, 0.1) is 0 Å². The first-order valence-electron chi connectivity index (χ1n) is 8.36. The van der Waals surface area contributed by atoms with Crippen molar-refractivity contribution >= 4 is 5.65 Å². The predicted molar refractivity (Wildman–Crippen MR) is 87.4 cm³/mol. The minimum absolute atomic E-state index is 0.0665. The van der Waals surface area contributed by atoms with Gasteiger partial charge < -0.3 is 5.11 Å². The molecular weight excluding hydrogens is 276 g/mol. The highest BCUT2D eigenvalue weighted by Crippen LogP contribution is 2.27. The van der Waals surface area contributed by atoms with E-state index in [0.717, 1.165) is 30.1 Å². The van der Waals surface area contributed by atoms with Crippen LogP contribution < -0.4 is 5.56 Å². The van der Waals surface area contributed by atoms with Gasteiger partial charge in [0.15, 0.2) is 11.4 Å². The molecule has 0 amide bonds. The van der Waals surface area contributed by atoms with Crippen LogP contribution in [0.15, 0.2) is 23.0 Å². The number of hydrogen-bond acceptors (Lipinski definition) is 3. The van der Waals surface area contributed by atoms with Crippen LogP contribution in [0.3, 0.4) is 0 Å². The highest BCUT2D eigenvalue weighted by molar-refractivity contribution is 5.53. The third kappa shape index (κ3) is 3.16. The van der Waals surface area contributed by atoms with Gasteiger partial charge in [-0.15, -0.1) is 0 Å². The molecule has 1 N–H and O–H groups in total. The zero-order valence-corrected chi connectivity index (χ0v) is 13.2. The minimum atomic E-state index is -0.105. The monoisotopic (exact) mass is 300 g/mol. The summed E-state index contributed by atoms with van der Waals surface area (Å²) in [5.74, 6) is 0.919. The number of pyridine rings is 1. The van der Waals surface area contributed by atoms with E-state index in [9.17, 15) is 9.90 Å². The quantitative estimate of drug-likeness (QED) is 0.938. The summed E-state index contributed by atoms with van der Waals surface area (Å²) in [7, 11) is 0. The topological polar surface area (TPSA) is 54.6 Å². The Labute approximate surface area is 130 Å². The average Bonchev–Trinajstić information content (AvgIpc) is 2.52. The Balaban J connectivity index is 1.74. The van der Waals surface area contributed by atoms with Crippen molar-refractivity contribution in [2.75, 3.05) is 0 Å². The number of nitrogens with zero attached hydrogens (tertiary/aromatic N) is 2. The third-order valence-electron chi connectivity index (χ3n) is 4.81. The number of aryl methyl sites for hydroxylation is 2. The fourth-order valence-corrected chi connectivity index (χ4v) is 3.57. The second kappa shape index (κ2) is 6.51. The van der Waals surface area contributed by atoms with Gasteiger partial charge in [0.25, 0.3) is 5.56 Å². The van der Waals surface area contributed by atoms with Crippen molar-refractivity contribution < 1.29 is 5.11 Å². The molecule has 1 aliphatic carbocycles. The van der Waals surface area contributed by atoms with Crippen LogP contribution in [0.4, 0.5) is 0 Å². The zero-order valence-electron chi connectivity index (χ0n) is 13.2. The molecule has 0 radical (unpaired) electrons. The Morgan fingerprint density at radius 2 is 2.05 bits per heavy atom. The molecule has 0 saturated heterocycles.